The smallest absolute Gasteiger partial charge is 0.416 e. The number of aromatic nitrogens is 1. The van der Waals surface area contributed by atoms with E-state index in [-0.39, 0.29) is 29.6 Å². The minimum atomic E-state index is -4.30. The number of hydrogen-bond acceptors (Lipinski definition) is 4. The van der Waals surface area contributed by atoms with E-state index in [4.69, 9.17) is 4.74 Å². The van der Waals surface area contributed by atoms with E-state index in [0.717, 1.165) is 83.1 Å². The number of benzene rings is 10. The molecule has 2 aliphatic heterocycles. The highest BCUT2D eigenvalue weighted by atomic mass is 79.9. The lowest BCUT2D eigenvalue weighted by atomic mass is 9.94. The second-order valence-electron chi connectivity index (χ2n) is 38.6. The van der Waals surface area contributed by atoms with Gasteiger partial charge >= 0.3 is 37.1 Å². The van der Waals surface area contributed by atoms with Crippen molar-refractivity contribution in [2.24, 2.45) is 0 Å². The van der Waals surface area contributed by atoms with E-state index < -0.39 is 70.4 Å². The summed E-state index contributed by atoms with van der Waals surface area (Å²) >= 11 is 3.23. The molecule has 0 amide bonds. The Morgan fingerprint density at radius 1 is 0.293 bits per heavy atom. The topological polar surface area (TPSA) is 28.6 Å². The zero-order valence-corrected chi connectivity index (χ0v) is 88.6. The van der Waals surface area contributed by atoms with Gasteiger partial charge in [-0.1, -0.05) is 297 Å². The number of anilines is 2. The Balaban J connectivity index is 0.000000397. The van der Waals surface area contributed by atoms with Crippen molar-refractivity contribution in [3.05, 3.63) is 363 Å². The van der Waals surface area contributed by atoms with Gasteiger partial charge in [-0.2, -0.15) is 79.0 Å². The van der Waals surface area contributed by atoms with E-state index >= 15 is 0 Å². The molecule has 3 heterocycles. The van der Waals surface area contributed by atoms with E-state index in [1.54, 1.807) is 32.0 Å². The van der Waals surface area contributed by atoms with Crippen LogP contribution in [0.3, 0.4) is 0 Å². The fraction of sp³-hybridized carbons (Fsp3) is 0.444. The number of fused-ring (bicyclic) bond motifs is 2. The Hall–Kier alpha value is -10.0. The summed E-state index contributed by atoms with van der Waals surface area (Å²) in [6.07, 6.45) is -20.1. The van der Waals surface area contributed by atoms with Gasteiger partial charge in [-0.15, -0.1) is 0 Å². The summed E-state index contributed by atoms with van der Waals surface area (Å²) in [6, 6.07) is 64.9. The summed E-state index contributed by atoms with van der Waals surface area (Å²) in [6.45, 7) is 59.7. The number of pyridine rings is 1. The minimum absolute atomic E-state index is 0.00208. The van der Waals surface area contributed by atoms with Crippen molar-refractivity contribution in [2.75, 3.05) is 30.0 Å². The summed E-state index contributed by atoms with van der Waals surface area (Å²) in [4.78, 5) is 8.54. The van der Waals surface area contributed by atoms with Crippen LogP contribution in [0.2, 0.25) is 0 Å². The number of hydrogen-bond donors (Lipinski definition) is 0. The Morgan fingerprint density at radius 3 is 1.08 bits per heavy atom. The molecule has 0 bridgehead atoms. The molecule has 13 rings (SSSR count). The molecule has 0 radical (unpaired) electrons. The third-order valence-electron chi connectivity index (χ3n) is 23.1. The van der Waals surface area contributed by atoms with Gasteiger partial charge in [0.1, 0.15) is 5.75 Å². The van der Waals surface area contributed by atoms with Gasteiger partial charge in [0.25, 0.3) is 0 Å². The van der Waals surface area contributed by atoms with Gasteiger partial charge in [0.2, 0.25) is 0 Å². The molecular formula is C117H148BrF18N3O. The molecular weight excluding hydrogens is 1890 g/mol. The maximum Gasteiger partial charge on any atom is 0.416 e. The molecule has 0 saturated heterocycles. The van der Waals surface area contributed by atoms with Crippen molar-refractivity contribution in [3.8, 4) is 5.75 Å². The van der Waals surface area contributed by atoms with Crippen LogP contribution < -0.4 is 14.5 Å². The SMILES string of the molecule is CC(C)N1CCCc2cc(C(F)(F)F)ccc21.CC(C)c1cc(C(F)(F)F)ccc1Br.CC(C)c1cc(C(F)(F)F)ccn1.CC(C)c1cccc(C(F)(F)F)c1.CC(C)c1ccccc1C(F)(F)F.COc1ccc(C(F)(F)F)cc1C(C)C.Cc1ccc(C(C)C)cc1.Cc1ccc(C(C)C)cc1.Cc1ccc2c(c1)N(C(C)C)CCC2.Cc1cccc(C(C)C)c1.Cc1cccc(C)c1C(C)C. The molecule has 0 aliphatic carbocycles. The standard InChI is InChI=1S/C13H16F3N.C13H19N.C11H13F3O.C11H16.C10H10BrF3.2C10H11F3.3C10H14.C9H10F3N/c1-9(2)17-7-3-4-10-8-11(13(14,15)16)5-6-12(10)17;1-10(2)14-8-4-5-12-7-6-11(3)9-13(12)14;1-7(2)9-6-8(11(12,13)14)4-5-10(9)15-3;1-8(2)11-9(3)6-5-7-10(11)4;1-6(2)8-5-7(10(12,13)14)3-4-9(8)11;1-7(2)8-4-3-5-9(6-8)10(11,12)13;1-7(2)8-5-3-4-6-9(8)10(11,12)13;2*1-8(2)10-6-4-9(3)5-7-10;1-8(2)10-6-4-5-9(3)7-10;1-6(2)8-5-7(3-4-13-8)9(10,11)12/h5-6,8-9H,3-4,7H2,1-2H3;6-7,9-10H,4-5,8H2,1-3H3;4-7H,1-3H3;5-8H,1-4H3;3-6H,1-2H3;2*3-7H,1-2H3;3*4-8H,1-3H3;3-6H,1-2H3. The molecule has 770 valence electrons. The van der Waals surface area contributed by atoms with Gasteiger partial charge in [0.15, 0.2) is 0 Å². The predicted molar refractivity (Wildman–Crippen MR) is 550 cm³/mol. The highest BCUT2D eigenvalue weighted by Gasteiger charge is 2.37. The monoisotopic (exact) mass is 2030 g/mol. The largest absolute Gasteiger partial charge is 0.496 e. The maximum atomic E-state index is 12.6. The molecule has 10 aromatic carbocycles. The third-order valence-corrected chi connectivity index (χ3v) is 23.8. The second kappa shape index (κ2) is 57.3. The van der Waals surface area contributed by atoms with Crippen molar-refractivity contribution in [1.29, 1.82) is 0 Å². The number of methoxy groups -OCH3 is 1. The van der Waals surface area contributed by atoms with Crippen LogP contribution in [0.15, 0.2) is 235 Å². The van der Waals surface area contributed by atoms with Crippen LogP contribution in [0, 0.1) is 41.5 Å². The van der Waals surface area contributed by atoms with Crippen LogP contribution in [0.5, 0.6) is 5.75 Å². The fourth-order valence-electron chi connectivity index (χ4n) is 15.1. The number of ether oxygens (including phenoxy) is 1. The van der Waals surface area contributed by atoms with Gasteiger partial charge < -0.3 is 14.5 Å². The Morgan fingerprint density at radius 2 is 0.679 bits per heavy atom. The molecule has 140 heavy (non-hydrogen) atoms. The fourth-order valence-corrected chi connectivity index (χ4v) is 15.8. The van der Waals surface area contributed by atoms with Crippen LogP contribution in [0.4, 0.5) is 90.4 Å². The average Bonchev–Trinajstić information content (AvgIpc) is 1.77. The summed E-state index contributed by atoms with van der Waals surface area (Å²) in [7, 11) is 1.45. The summed E-state index contributed by atoms with van der Waals surface area (Å²) in [5.41, 5.74) is 18.1. The maximum absolute atomic E-state index is 12.6. The van der Waals surface area contributed by atoms with Crippen LogP contribution in [0.25, 0.3) is 0 Å². The Labute approximate surface area is 832 Å². The van der Waals surface area contributed by atoms with E-state index in [0.29, 0.717) is 63.9 Å². The Bertz CT molecular complexity index is 5330. The average molecular weight is 2030 g/mol. The highest BCUT2D eigenvalue weighted by molar-refractivity contribution is 9.10. The second-order valence-corrected chi connectivity index (χ2v) is 39.4. The first-order valence-electron chi connectivity index (χ1n) is 47.8. The number of rotatable bonds is 12. The number of aryl methyl sites for hydroxylation is 8. The van der Waals surface area contributed by atoms with E-state index in [1.165, 1.54) is 154 Å². The molecule has 0 fully saturated rings. The number of nitrogens with zero attached hydrogens (tertiary/aromatic N) is 3. The van der Waals surface area contributed by atoms with Crippen molar-refractivity contribution < 1.29 is 83.8 Å². The van der Waals surface area contributed by atoms with Crippen LogP contribution in [0.1, 0.15) is 347 Å². The van der Waals surface area contributed by atoms with Crippen LogP contribution in [-0.2, 0) is 49.9 Å². The van der Waals surface area contributed by atoms with Crippen LogP contribution >= 0.6 is 15.9 Å². The molecule has 1 aromatic heterocycles. The lowest BCUT2D eigenvalue weighted by Crippen LogP contribution is -2.35. The Kier molecular flexibility index (Phi) is 50.8. The van der Waals surface area contributed by atoms with Crippen molar-refractivity contribution in [2.45, 2.75) is 322 Å². The summed E-state index contributed by atoms with van der Waals surface area (Å²) in [5.74, 6) is 3.23. The highest BCUT2D eigenvalue weighted by Crippen LogP contribution is 2.42. The quantitative estimate of drug-likeness (QED) is 0.114. The minimum Gasteiger partial charge on any atom is -0.496 e. The lowest BCUT2D eigenvalue weighted by Gasteiger charge is -2.35. The third kappa shape index (κ3) is 43.0. The molecule has 4 nitrogen and oxygen atoms in total. The first kappa shape index (κ1) is 124. The predicted octanol–water partition coefficient (Wildman–Crippen LogP) is 39.1. The first-order valence-corrected chi connectivity index (χ1v) is 48.6. The molecule has 23 heteroatoms. The van der Waals surface area contributed by atoms with E-state index in [9.17, 15) is 79.0 Å². The molecule has 0 spiro atoms. The van der Waals surface area contributed by atoms with Crippen molar-refractivity contribution >= 4 is 27.3 Å². The van der Waals surface area contributed by atoms with E-state index in [2.05, 4.69) is 265 Å². The van der Waals surface area contributed by atoms with Gasteiger partial charge in [-0.3, -0.25) is 4.98 Å². The number of alkyl halides is 18. The molecule has 0 N–H and O–H groups in total. The van der Waals surface area contributed by atoms with Gasteiger partial charge in [-0.05, 0) is 305 Å². The molecule has 0 unspecified atom stereocenters. The van der Waals surface area contributed by atoms with Gasteiger partial charge in [-0.25, -0.2) is 0 Å². The van der Waals surface area contributed by atoms with E-state index in [1.807, 2.05) is 55.4 Å². The zero-order chi connectivity index (χ0) is 107. The van der Waals surface area contributed by atoms with Crippen molar-refractivity contribution in [3.63, 3.8) is 0 Å². The summed E-state index contributed by atoms with van der Waals surface area (Å²) < 4.78 is 228. The normalized spacial score (nSPS) is 12.5. The molecule has 0 atom stereocenters. The summed E-state index contributed by atoms with van der Waals surface area (Å²) in [5, 5.41) is 0. The molecule has 11 aromatic rings. The molecule has 0 saturated carbocycles. The van der Waals surface area contributed by atoms with Gasteiger partial charge in [0.05, 0.1) is 40.5 Å². The zero-order valence-electron chi connectivity index (χ0n) is 87.0. The first-order chi connectivity index (χ1) is 64.7. The number of halogens is 19. The van der Waals surface area contributed by atoms with Gasteiger partial charge in [0, 0.05) is 52.9 Å². The van der Waals surface area contributed by atoms with Crippen LogP contribution in [-0.4, -0.2) is 37.3 Å². The van der Waals surface area contributed by atoms with Crippen molar-refractivity contribution in [1.82, 2.24) is 4.98 Å². The molecule has 2 aliphatic rings. The lowest BCUT2D eigenvalue weighted by molar-refractivity contribution is -0.139.